The first-order valence-corrected chi connectivity index (χ1v) is 15.6. The number of pyridine rings is 3. The van der Waals surface area contributed by atoms with Crippen LogP contribution in [0.4, 0.5) is 11.5 Å². The molecule has 42 heavy (non-hydrogen) atoms. The number of rotatable bonds is 7. The molecule has 0 aliphatic carbocycles. The van der Waals surface area contributed by atoms with E-state index in [0.717, 1.165) is 58.9 Å². The van der Waals surface area contributed by atoms with E-state index in [2.05, 4.69) is 29.0 Å². The van der Waals surface area contributed by atoms with Gasteiger partial charge in [0.1, 0.15) is 16.8 Å². The maximum atomic E-state index is 13.1. The van der Waals surface area contributed by atoms with Crippen LogP contribution in [0.5, 0.6) is 0 Å². The Bertz CT molecular complexity index is 1650. The minimum absolute atomic E-state index is 0.0127. The van der Waals surface area contributed by atoms with E-state index in [0.29, 0.717) is 17.8 Å². The number of hydrogen-bond donors (Lipinski definition) is 1. The van der Waals surface area contributed by atoms with Gasteiger partial charge in [0.25, 0.3) is 5.91 Å². The minimum atomic E-state index is -1.13. The van der Waals surface area contributed by atoms with E-state index >= 15 is 0 Å². The number of nitrogens with zero attached hydrogens (tertiary/aromatic N) is 5. The summed E-state index contributed by atoms with van der Waals surface area (Å²) in [6.45, 7) is 10.6. The van der Waals surface area contributed by atoms with E-state index in [1.54, 1.807) is 6.20 Å². The Morgan fingerprint density at radius 2 is 1.83 bits per heavy atom. The van der Waals surface area contributed by atoms with Crippen molar-refractivity contribution in [2.24, 2.45) is 0 Å². The summed E-state index contributed by atoms with van der Waals surface area (Å²) in [5.74, 6) is 0.719. The molecule has 2 aliphatic heterocycles. The smallest absolute Gasteiger partial charge is 0.251 e. The van der Waals surface area contributed by atoms with Gasteiger partial charge in [-0.25, -0.2) is 14.2 Å². The van der Waals surface area contributed by atoms with Crippen molar-refractivity contribution in [1.82, 2.24) is 20.3 Å². The van der Waals surface area contributed by atoms with Gasteiger partial charge in [0.05, 0.1) is 47.0 Å². The maximum absolute atomic E-state index is 13.1. The Kier molecular flexibility index (Phi) is 7.92. The van der Waals surface area contributed by atoms with Gasteiger partial charge in [-0.2, -0.15) is 0 Å². The van der Waals surface area contributed by atoms with Crippen LogP contribution in [0.15, 0.2) is 60.8 Å². The number of morpholine rings is 1. The SMILES string of the molecule is CC1CN(c2cccc(-c3ccc4cnc(CNC(=O)c5ccc6c(c5)N(S(=O)C(C)C)CC6)cc4n3)n2)CC(C)O1. The Morgan fingerprint density at radius 1 is 1.05 bits per heavy atom. The molecule has 10 heteroatoms. The van der Waals surface area contributed by atoms with Crippen molar-refractivity contribution in [2.75, 3.05) is 28.8 Å². The fourth-order valence-electron chi connectivity index (χ4n) is 5.61. The van der Waals surface area contributed by atoms with Gasteiger partial charge in [-0.3, -0.25) is 14.1 Å². The molecular formula is C32H36N6O3S. The van der Waals surface area contributed by atoms with Gasteiger partial charge in [0.2, 0.25) is 0 Å². The van der Waals surface area contributed by atoms with E-state index in [1.165, 1.54) is 0 Å². The van der Waals surface area contributed by atoms with Crippen molar-refractivity contribution in [3.8, 4) is 11.4 Å². The topological polar surface area (TPSA) is 101 Å². The average molecular weight is 585 g/mol. The lowest BCUT2D eigenvalue weighted by atomic mass is 10.1. The highest BCUT2D eigenvalue weighted by Gasteiger charge is 2.26. The average Bonchev–Trinajstić information content (AvgIpc) is 3.42. The van der Waals surface area contributed by atoms with Crippen molar-refractivity contribution in [2.45, 2.75) is 58.1 Å². The van der Waals surface area contributed by atoms with Gasteiger partial charge in [0, 0.05) is 42.0 Å². The Labute approximate surface area is 248 Å². The molecule has 3 aromatic heterocycles. The van der Waals surface area contributed by atoms with Crippen LogP contribution >= 0.6 is 0 Å². The number of ether oxygens (including phenoxy) is 1. The lowest BCUT2D eigenvalue weighted by Crippen LogP contribution is -2.45. The van der Waals surface area contributed by atoms with Crippen LogP contribution in [-0.4, -0.2) is 62.2 Å². The third-order valence-electron chi connectivity index (χ3n) is 7.62. The van der Waals surface area contributed by atoms with Crippen LogP contribution in [0.3, 0.4) is 0 Å². The second kappa shape index (κ2) is 11.8. The number of anilines is 2. The second-order valence-corrected chi connectivity index (χ2v) is 13.2. The third kappa shape index (κ3) is 5.87. The molecule has 4 aromatic rings. The number of aromatic nitrogens is 3. The molecule has 0 spiro atoms. The van der Waals surface area contributed by atoms with Gasteiger partial charge in [-0.15, -0.1) is 0 Å². The van der Waals surface area contributed by atoms with Crippen molar-refractivity contribution < 1.29 is 13.7 Å². The molecular weight excluding hydrogens is 548 g/mol. The fraction of sp³-hybridized carbons (Fsp3) is 0.375. The number of amides is 1. The van der Waals surface area contributed by atoms with Crippen LogP contribution < -0.4 is 14.5 Å². The zero-order valence-corrected chi connectivity index (χ0v) is 25.2. The van der Waals surface area contributed by atoms with Gasteiger partial charge in [0.15, 0.2) is 0 Å². The Morgan fingerprint density at radius 3 is 2.62 bits per heavy atom. The van der Waals surface area contributed by atoms with E-state index in [9.17, 15) is 9.00 Å². The fourth-order valence-corrected chi connectivity index (χ4v) is 6.75. The molecule has 0 radical (unpaired) electrons. The van der Waals surface area contributed by atoms with Crippen LogP contribution in [0.25, 0.3) is 22.3 Å². The highest BCUT2D eigenvalue weighted by atomic mass is 32.2. The number of benzene rings is 1. The molecule has 2 aliphatic rings. The zero-order valence-electron chi connectivity index (χ0n) is 24.4. The van der Waals surface area contributed by atoms with E-state index in [-0.39, 0.29) is 29.9 Å². The molecule has 3 unspecified atom stereocenters. The monoisotopic (exact) mass is 584 g/mol. The van der Waals surface area contributed by atoms with Crippen molar-refractivity contribution in [1.29, 1.82) is 0 Å². The quantitative estimate of drug-likeness (QED) is 0.337. The molecule has 1 saturated heterocycles. The number of fused-ring (bicyclic) bond motifs is 2. The number of nitrogens with one attached hydrogen (secondary N) is 1. The summed E-state index contributed by atoms with van der Waals surface area (Å²) in [5, 5.41) is 3.91. The van der Waals surface area contributed by atoms with Crippen molar-refractivity contribution >= 4 is 39.3 Å². The predicted molar refractivity (Wildman–Crippen MR) is 167 cm³/mol. The number of carbonyl (C=O) groups is 1. The molecule has 3 atom stereocenters. The molecule has 9 nitrogen and oxygen atoms in total. The normalized spacial score (nSPS) is 19.3. The second-order valence-electron chi connectivity index (χ2n) is 11.3. The lowest BCUT2D eigenvalue weighted by molar-refractivity contribution is -0.00545. The summed E-state index contributed by atoms with van der Waals surface area (Å²) in [7, 11) is -1.13. The maximum Gasteiger partial charge on any atom is 0.251 e. The summed E-state index contributed by atoms with van der Waals surface area (Å²) in [6.07, 6.45) is 2.91. The largest absolute Gasteiger partial charge is 0.372 e. The first-order valence-electron chi connectivity index (χ1n) is 14.5. The Hall–Kier alpha value is -3.89. The van der Waals surface area contributed by atoms with Crippen LogP contribution in [0, 0.1) is 0 Å². The standard InChI is InChI=1S/C32H36N6O3S/c1-20(2)42(40)38-13-12-23-8-9-24(14-30(23)38)32(39)34-17-26-15-29-25(16-33-26)10-11-28(35-29)27-6-5-7-31(36-27)37-18-21(3)41-22(4)19-37/h5-11,14-16,20-22H,12-13,17-19H2,1-4H3,(H,34,39). The molecule has 5 heterocycles. The number of carbonyl (C=O) groups excluding carboxylic acids is 1. The predicted octanol–water partition coefficient (Wildman–Crippen LogP) is 4.67. The highest BCUT2D eigenvalue weighted by Crippen LogP contribution is 2.31. The molecule has 1 amide bonds. The number of hydrogen-bond acceptors (Lipinski definition) is 7. The lowest BCUT2D eigenvalue weighted by Gasteiger charge is -2.36. The first kappa shape index (κ1) is 28.2. The molecule has 1 aromatic carbocycles. The zero-order chi connectivity index (χ0) is 29.4. The Balaban J connectivity index is 1.17. The van der Waals surface area contributed by atoms with Gasteiger partial charge in [-0.05, 0) is 82.1 Å². The van der Waals surface area contributed by atoms with Crippen LogP contribution in [0.1, 0.15) is 49.3 Å². The highest BCUT2D eigenvalue weighted by molar-refractivity contribution is 7.87. The molecule has 0 saturated carbocycles. The molecule has 0 bridgehead atoms. The molecule has 6 rings (SSSR count). The summed E-state index contributed by atoms with van der Waals surface area (Å²) in [4.78, 5) is 29.7. The molecule has 1 fully saturated rings. The summed E-state index contributed by atoms with van der Waals surface area (Å²) >= 11 is 0. The van der Waals surface area contributed by atoms with Crippen molar-refractivity contribution in [3.63, 3.8) is 0 Å². The van der Waals surface area contributed by atoms with E-state index < -0.39 is 11.0 Å². The van der Waals surface area contributed by atoms with Crippen LogP contribution in [0.2, 0.25) is 0 Å². The van der Waals surface area contributed by atoms with Crippen molar-refractivity contribution in [3.05, 3.63) is 77.6 Å². The third-order valence-corrected chi connectivity index (χ3v) is 9.24. The van der Waals surface area contributed by atoms with E-state index in [4.69, 9.17) is 14.7 Å². The van der Waals surface area contributed by atoms with Gasteiger partial charge >= 0.3 is 0 Å². The van der Waals surface area contributed by atoms with Gasteiger partial charge < -0.3 is 15.0 Å². The summed E-state index contributed by atoms with van der Waals surface area (Å²) < 4.78 is 20.5. The molecule has 218 valence electrons. The minimum Gasteiger partial charge on any atom is -0.372 e. The first-order chi connectivity index (χ1) is 20.2. The van der Waals surface area contributed by atoms with Crippen LogP contribution in [-0.2, 0) is 28.7 Å². The summed E-state index contributed by atoms with van der Waals surface area (Å²) in [6, 6.07) is 17.5. The van der Waals surface area contributed by atoms with E-state index in [1.807, 2.05) is 72.7 Å². The van der Waals surface area contributed by atoms with Gasteiger partial charge in [-0.1, -0.05) is 12.1 Å². The molecule has 1 N–H and O–H groups in total. The summed E-state index contributed by atoms with van der Waals surface area (Å²) in [5.41, 5.74) is 5.62.